The van der Waals surface area contributed by atoms with Gasteiger partial charge >= 0.3 is 0 Å². The normalized spacial score (nSPS) is 12.0. The molecule has 254 valence electrons. The van der Waals surface area contributed by atoms with Crippen molar-refractivity contribution in [3.8, 4) is 33.4 Å². The molecule has 0 N–H and O–H groups in total. The van der Waals surface area contributed by atoms with Crippen LogP contribution in [-0.2, 0) is 0 Å². The van der Waals surface area contributed by atoms with E-state index < -0.39 is 0 Å². The van der Waals surface area contributed by atoms with Gasteiger partial charge in [-0.15, -0.1) is 0 Å². The molecule has 0 aliphatic carbocycles. The van der Waals surface area contributed by atoms with Gasteiger partial charge in [0.15, 0.2) is 0 Å². The van der Waals surface area contributed by atoms with Crippen molar-refractivity contribution in [1.82, 2.24) is 9.38 Å². The van der Waals surface area contributed by atoms with E-state index in [1.807, 2.05) is 0 Å². The Labute approximate surface area is 317 Å². The highest BCUT2D eigenvalue weighted by Crippen LogP contribution is 2.46. The first-order chi connectivity index (χ1) is 27.3. The zero-order valence-corrected chi connectivity index (χ0v) is 29.9. The summed E-state index contributed by atoms with van der Waals surface area (Å²) >= 11 is 0. The molecule has 0 saturated carbocycles. The quantitative estimate of drug-likeness (QED) is 0.133. The number of hydrogen-bond donors (Lipinski definition) is 0. The molecule has 2 heterocycles. The van der Waals surface area contributed by atoms with Crippen LogP contribution in [0.25, 0.3) is 115 Å². The number of nitrogens with zero attached hydrogens (tertiary/aromatic N) is 2. The number of benzene rings is 10. The first-order valence-electron chi connectivity index (χ1n) is 19.0. The smallest absolute Gasteiger partial charge is 0.146 e. The van der Waals surface area contributed by atoms with Gasteiger partial charge in [-0.2, -0.15) is 0 Å². The highest BCUT2D eigenvalue weighted by Gasteiger charge is 2.19. The van der Waals surface area contributed by atoms with Crippen molar-refractivity contribution in [2.24, 2.45) is 0 Å². The van der Waals surface area contributed by atoms with Gasteiger partial charge in [0, 0.05) is 10.8 Å². The Morgan fingerprint density at radius 2 is 0.782 bits per heavy atom. The van der Waals surface area contributed by atoms with E-state index in [0.29, 0.717) is 0 Å². The van der Waals surface area contributed by atoms with Gasteiger partial charge in [0.1, 0.15) is 5.65 Å². The fraction of sp³-hybridized carbons (Fsp3) is 0. The first-order valence-corrected chi connectivity index (χ1v) is 19.0. The molecule has 12 aromatic rings. The van der Waals surface area contributed by atoms with Gasteiger partial charge in [0.25, 0.3) is 0 Å². The molecule has 0 aliphatic heterocycles. The van der Waals surface area contributed by atoms with Crippen molar-refractivity contribution in [2.75, 3.05) is 0 Å². The first kappa shape index (κ1) is 30.2. The Kier molecular flexibility index (Phi) is 6.37. The lowest BCUT2D eigenvalue weighted by Gasteiger charge is -2.19. The molecule has 0 amide bonds. The fourth-order valence-corrected chi connectivity index (χ4v) is 9.16. The number of imidazole rings is 1. The van der Waals surface area contributed by atoms with Crippen molar-refractivity contribution in [3.63, 3.8) is 0 Å². The van der Waals surface area contributed by atoms with Gasteiger partial charge in [-0.05, 0) is 118 Å². The number of hydrogen-bond acceptors (Lipinski definition) is 1. The summed E-state index contributed by atoms with van der Waals surface area (Å²) in [6.45, 7) is 0. The second kappa shape index (κ2) is 11.6. The van der Waals surface area contributed by atoms with Crippen molar-refractivity contribution in [1.29, 1.82) is 0 Å². The molecular weight excluding hydrogens is 665 g/mol. The second-order valence-corrected chi connectivity index (χ2v) is 14.7. The minimum atomic E-state index is 0.990. The predicted molar refractivity (Wildman–Crippen MR) is 234 cm³/mol. The summed E-state index contributed by atoms with van der Waals surface area (Å²) in [5, 5.41) is 13.6. The van der Waals surface area contributed by atoms with E-state index in [2.05, 4.69) is 199 Å². The SMILES string of the molecule is c1ccc2cc(-c3c4ccccc4c(-c4ccc5ccccc5c4)c4cc(-c5ccc6c(c5)nc5c7ccccc7c7ccccc7n65)ccc34)ccc2c1. The molecule has 0 spiro atoms. The number of pyridine rings is 1. The minimum Gasteiger partial charge on any atom is -0.292 e. The summed E-state index contributed by atoms with van der Waals surface area (Å²) in [5.74, 6) is 0. The van der Waals surface area contributed by atoms with Crippen molar-refractivity contribution in [3.05, 3.63) is 194 Å². The van der Waals surface area contributed by atoms with Crippen molar-refractivity contribution < 1.29 is 0 Å². The lowest BCUT2D eigenvalue weighted by Crippen LogP contribution is -1.92. The Bertz CT molecular complexity index is 3550. The van der Waals surface area contributed by atoms with E-state index in [4.69, 9.17) is 4.98 Å². The fourth-order valence-electron chi connectivity index (χ4n) is 9.16. The zero-order chi connectivity index (χ0) is 36.0. The number of para-hydroxylation sites is 1. The van der Waals surface area contributed by atoms with Gasteiger partial charge in [-0.3, -0.25) is 4.40 Å². The monoisotopic (exact) mass is 696 g/mol. The largest absolute Gasteiger partial charge is 0.292 e. The van der Waals surface area contributed by atoms with Gasteiger partial charge in [-0.1, -0.05) is 158 Å². The summed E-state index contributed by atoms with van der Waals surface area (Å²) in [5.41, 5.74) is 11.6. The van der Waals surface area contributed by atoms with Gasteiger partial charge in [-0.25, -0.2) is 4.98 Å². The van der Waals surface area contributed by atoms with Crippen LogP contribution in [0.3, 0.4) is 0 Å². The van der Waals surface area contributed by atoms with Crippen LogP contribution in [0.2, 0.25) is 0 Å². The zero-order valence-electron chi connectivity index (χ0n) is 29.9. The van der Waals surface area contributed by atoms with Gasteiger partial charge in [0.2, 0.25) is 0 Å². The summed E-state index contributed by atoms with van der Waals surface area (Å²) in [7, 11) is 0. The summed E-state index contributed by atoms with van der Waals surface area (Å²) in [6, 6.07) is 71.2. The third-order valence-electron chi connectivity index (χ3n) is 11.7. The maximum Gasteiger partial charge on any atom is 0.146 e. The average Bonchev–Trinajstić information content (AvgIpc) is 3.64. The van der Waals surface area contributed by atoms with Crippen LogP contribution in [-0.4, -0.2) is 9.38 Å². The Hall–Kier alpha value is -7.29. The Morgan fingerprint density at radius 1 is 0.291 bits per heavy atom. The molecule has 0 atom stereocenters. The van der Waals surface area contributed by atoms with Crippen LogP contribution in [0, 0.1) is 0 Å². The molecule has 55 heavy (non-hydrogen) atoms. The summed E-state index contributed by atoms with van der Waals surface area (Å²) in [4.78, 5) is 5.32. The molecule has 0 bridgehead atoms. The van der Waals surface area contributed by atoms with Crippen LogP contribution < -0.4 is 0 Å². The third kappa shape index (κ3) is 4.52. The molecule has 0 radical (unpaired) electrons. The van der Waals surface area contributed by atoms with Gasteiger partial charge < -0.3 is 0 Å². The Balaban J connectivity index is 1.14. The Morgan fingerprint density at radius 3 is 1.47 bits per heavy atom. The molecule has 0 aliphatic rings. The second-order valence-electron chi connectivity index (χ2n) is 14.7. The molecule has 2 nitrogen and oxygen atoms in total. The number of rotatable bonds is 3. The number of aromatic nitrogens is 2. The van der Waals surface area contributed by atoms with Crippen LogP contribution in [0.1, 0.15) is 0 Å². The predicted octanol–water partition coefficient (Wildman–Crippen LogP) is 14.4. The standard InChI is InChI=1S/C53H32N2/c1-3-13-35-29-39(23-21-33(35)11-1)51-43-17-6-7-18-44(43)52(40-24-22-34-12-2-4-14-36(34)30-40)47-31-37(25-27-45(47)51)38-26-28-50-48(32-38)54-53-46-19-8-5-15-41(46)42-16-9-10-20-49(42)55(50)53/h1-32H. The van der Waals surface area contributed by atoms with E-state index in [1.54, 1.807) is 0 Å². The molecular formula is C53H32N2. The van der Waals surface area contributed by atoms with Crippen LogP contribution in [0.5, 0.6) is 0 Å². The van der Waals surface area contributed by atoms with Gasteiger partial charge in [0.05, 0.1) is 16.6 Å². The van der Waals surface area contributed by atoms with Crippen molar-refractivity contribution in [2.45, 2.75) is 0 Å². The lowest BCUT2D eigenvalue weighted by molar-refractivity contribution is 1.31. The van der Waals surface area contributed by atoms with Crippen LogP contribution in [0.15, 0.2) is 194 Å². The molecule has 0 saturated heterocycles. The van der Waals surface area contributed by atoms with E-state index in [0.717, 1.165) is 27.6 Å². The molecule has 2 heteroatoms. The minimum absolute atomic E-state index is 0.990. The molecule has 2 aromatic heterocycles. The third-order valence-corrected chi connectivity index (χ3v) is 11.7. The highest BCUT2D eigenvalue weighted by molar-refractivity contribution is 6.23. The molecule has 0 fully saturated rings. The topological polar surface area (TPSA) is 17.3 Å². The molecule has 0 unspecified atom stereocenters. The van der Waals surface area contributed by atoms with Crippen LogP contribution >= 0.6 is 0 Å². The van der Waals surface area contributed by atoms with E-state index in [-0.39, 0.29) is 0 Å². The van der Waals surface area contributed by atoms with E-state index in [9.17, 15) is 0 Å². The maximum absolute atomic E-state index is 5.32. The maximum atomic E-state index is 5.32. The van der Waals surface area contributed by atoms with Crippen molar-refractivity contribution >= 4 is 81.4 Å². The van der Waals surface area contributed by atoms with Crippen LogP contribution in [0.4, 0.5) is 0 Å². The highest BCUT2D eigenvalue weighted by atomic mass is 15.0. The van der Waals surface area contributed by atoms with E-state index >= 15 is 0 Å². The molecule has 10 aromatic carbocycles. The average molecular weight is 697 g/mol. The number of fused-ring (bicyclic) bond motifs is 12. The summed E-state index contributed by atoms with van der Waals surface area (Å²) in [6.07, 6.45) is 0. The summed E-state index contributed by atoms with van der Waals surface area (Å²) < 4.78 is 2.33. The van der Waals surface area contributed by atoms with E-state index in [1.165, 1.54) is 87.2 Å². The lowest BCUT2D eigenvalue weighted by atomic mass is 9.84. The molecule has 12 rings (SSSR count).